The fourth-order valence-corrected chi connectivity index (χ4v) is 1.81. The lowest BCUT2D eigenvalue weighted by molar-refractivity contribution is 0.0936. The minimum atomic E-state index is -0.390. The van der Waals surface area contributed by atoms with E-state index in [4.69, 9.17) is 0 Å². The molecule has 3 amide bonds. The Bertz CT molecular complexity index is 420. The molecule has 0 aliphatic heterocycles. The van der Waals surface area contributed by atoms with Crippen LogP contribution in [0.15, 0.2) is 30.3 Å². The van der Waals surface area contributed by atoms with Gasteiger partial charge in [0.15, 0.2) is 0 Å². The minimum absolute atomic E-state index is 0.0928. The number of rotatable bonds is 6. The molecule has 0 fully saturated rings. The van der Waals surface area contributed by atoms with Crippen molar-refractivity contribution in [1.82, 2.24) is 16.2 Å². The van der Waals surface area contributed by atoms with Crippen molar-refractivity contribution in [3.63, 3.8) is 0 Å². The highest BCUT2D eigenvalue weighted by Gasteiger charge is 2.08. The summed E-state index contributed by atoms with van der Waals surface area (Å²) >= 11 is 0. The van der Waals surface area contributed by atoms with Crippen LogP contribution in [0, 0.1) is 0 Å². The van der Waals surface area contributed by atoms with Gasteiger partial charge in [-0.3, -0.25) is 10.2 Å². The van der Waals surface area contributed by atoms with Crippen molar-refractivity contribution in [3.05, 3.63) is 35.9 Å². The lowest BCUT2D eigenvalue weighted by atomic mass is 10.1. The number of hydrogen-bond acceptors (Lipinski definition) is 2. The van der Waals surface area contributed by atoms with Crippen LogP contribution < -0.4 is 16.2 Å². The number of carbonyl (C=O) groups excluding carboxylic acids is 2. The average molecular weight is 277 g/mol. The third kappa shape index (κ3) is 6.22. The zero-order chi connectivity index (χ0) is 14.8. The minimum Gasteiger partial charge on any atom is -0.334 e. The number of benzene rings is 1. The van der Waals surface area contributed by atoms with Crippen molar-refractivity contribution in [3.8, 4) is 0 Å². The molecule has 0 spiro atoms. The number of hydrazine groups is 1. The molecule has 0 radical (unpaired) electrons. The molecule has 0 aliphatic carbocycles. The highest BCUT2D eigenvalue weighted by Crippen LogP contribution is 2.02. The molecule has 1 atom stereocenters. The Kier molecular flexibility index (Phi) is 7.17. The second-order valence-corrected chi connectivity index (χ2v) is 4.82. The SMILES string of the molecule is CCCCCC(C)NC(=O)NNC(=O)c1ccccc1. The van der Waals surface area contributed by atoms with Crippen molar-refractivity contribution < 1.29 is 9.59 Å². The van der Waals surface area contributed by atoms with E-state index in [-0.39, 0.29) is 11.9 Å². The van der Waals surface area contributed by atoms with Gasteiger partial charge in [0.25, 0.3) is 5.91 Å². The van der Waals surface area contributed by atoms with Gasteiger partial charge in [-0.25, -0.2) is 10.2 Å². The fraction of sp³-hybridized carbons (Fsp3) is 0.467. The monoisotopic (exact) mass is 277 g/mol. The van der Waals surface area contributed by atoms with Crippen molar-refractivity contribution in [2.24, 2.45) is 0 Å². The molecule has 5 heteroatoms. The zero-order valence-electron chi connectivity index (χ0n) is 12.1. The van der Waals surface area contributed by atoms with E-state index in [1.165, 1.54) is 6.42 Å². The number of hydrogen-bond donors (Lipinski definition) is 3. The Labute approximate surface area is 120 Å². The van der Waals surface area contributed by atoms with Crippen molar-refractivity contribution >= 4 is 11.9 Å². The van der Waals surface area contributed by atoms with Crippen LogP contribution in [0.5, 0.6) is 0 Å². The average Bonchev–Trinajstić information content (AvgIpc) is 2.46. The van der Waals surface area contributed by atoms with Gasteiger partial charge >= 0.3 is 6.03 Å². The van der Waals surface area contributed by atoms with E-state index in [1.807, 2.05) is 13.0 Å². The molecule has 20 heavy (non-hydrogen) atoms. The van der Waals surface area contributed by atoms with Crippen molar-refractivity contribution in [1.29, 1.82) is 0 Å². The number of carbonyl (C=O) groups is 2. The molecule has 110 valence electrons. The summed E-state index contributed by atoms with van der Waals surface area (Å²) in [5.41, 5.74) is 5.23. The highest BCUT2D eigenvalue weighted by molar-refractivity contribution is 5.95. The van der Waals surface area contributed by atoms with Gasteiger partial charge in [0, 0.05) is 11.6 Å². The van der Waals surface area contributed by atoms with Gasteiger partial charge in [0.2, 0.25) is 0 Å². The molecule has 1 aromatic carbocycles. The first-order valence-corrected chi connectivity index (χ1v) is 7.05. The molecule has 0 saturated heterocycles. The maximum atomic E-state index is 11.7. The predicted octanol–water partition coefficient (Wildman–Crippen LogP) is 2.60. The molecule has 0 aromatic heterocycles. The molecule has 3 N–H and O–H groups in total. The maximum Gasteiger partial charge on any atom is 0.333 e. The van der Waals surface area contributed by atoms with E-state index < -0.39 is 6.03 Å². The standard InChI is InChI=1S/C15H23N3O2/c1-3-4-6-9-12(2)16-15(20)18-17-14(19)13-10-7-5-8-11-13/h5,7-8,10-12H,3-4,6,9H2,1-2H3,(H,17,19)(H2,16,18,20). The first kappa shape index (κ1) is 16.0. The number of amides is 3. The van der Waals surface area contributed by atoms with E-state index in [0.29, 0.717) is 5.56 Å². The zero-order valence-corrected chi connectivity index (χ0v) is 12.1. The van der Waals surface area contributed by atoms with Gasteiger partial charge in [-0.15, -0.1) is 0 Å². The highest BCUT2D eigenvalue weighted by atomic mass is 16.2. The van der Waals surface area contributed by atoms with Crippen molar-refractivity contribution in [2.45, 2.75) is 45.6 Å². The predicted molar refractivity (Wildman–Crippen MR) is 79.2 cm³/mol. The number of urea groups is 1. The summed E-state index contributed by atoms with van der Waals surface area (Å²) in [6.45, 7) is 4.10. The largest absolute Gasteiger partial charge is 0.334 e. The second-order valence-electron chi connectivity index (χ2n) is 4.82. The first-order valence-electron chi connectivity index (χ1n) is 7.05. The molecule has 5 nitrogen and oxygen atoms in total. The quantitative estimate of drug-likeness (QED) is 0.552. The van der Waals surface area contributed by atoms with Gasteiger partial charge in [-0.1, -0.05) is 44.4 Å². The lowest BCUT2D eigenvalue weighted by Gasteiger charge is -2.14. The Morgan fingerprint density at radius 1 is 1.10 bits per heavy atom. The smallest absolute Gasteiger partial charge is 0.333 e. The van der Waals surface area contributed by atoms with E-state index in [0.717, 1.165) is 19.3 Å². The maximum absolute atomic E-state index is 11.7. The van der Waals surface area contributed by atoms with Crippen LogP contribution in [0.2, 0.25) is 0 Å². The molecule has 0 aliphatic rings. The van der Waals surface area contributed by atoms with E-state index in [9.17, 15) is 9.59 Å². The normalized spacial score (nSPS) is 11.5. The Morgan fingerprint density at radius 3 is 2.45 bits per heavy atom. The molecular formula is C15H23N3O2. The summed E-state index contributed by atoms with van der Waals surface area (Å²) in [7, 11) is 0. The van der Waals surface area contributed by atoms with Gasteiger partial charge in [-0.2, -0.15) is 0 Å². The summed E-state index contributed by atoms with van der Waals surface area (Å²) in [5.74, 6) is -0.334. The Morgan fingerprint density at radius 2 is 1.80 bits per heavy atom. The van der Waals surface area contributed by atoms with Crippen LogP contribution in [0.3, 0.4) is 0 Å². The molecular weight excluding hydrogens is 254 g/mol. The summed E-state index contributed by atoms with van der Waals surface area (Å²) in [5, 5.41) is 2.78. The van der Waals surface area contributed by atoms with Crippen molar-refractivity contribution in [2.75, 3.05) is 0 Å². The van der Waals surface area contributed by atoms with E-state index >= 15 is 0 Å². The van der Waals surface area contributed by atoms with Crippen LogP contribution in [0.25, 0.3) is 0 Å². The fourth-order valence-electron chi connectivity index (χ4n) is 1.81. The first-order chi connectivity index (χ1) is 9.63. The molecule has 1 unspecified atom stereocenters. The lowest BCUT2D eigenvalue weighted by Crippen LogP contribution is -2.49. The third-order valence-corrected chi connectivity index (χ3v) is 2.94. The van der Waals surface area contributed by atoms with Crippen LogP contribution >= 0.6 is 0 Å². The summed E-state index contributed by atoms with van der Waals surface area (Å²) in [6, 6.07) is 8.43. The second kappa shape index (κ2) is 8.96. The number of unbranched alkanes of at least 4 members (excludes halogenated alkanes) is 2. The van der Waals surface area contributed by atoms with E-state index in [1.54, 1.807) is 24.3 Å². The Hall–Kier alpha value is -2.04. The van der Waals surface area contributed by atoms with Crippen LogP contribution in [-0.2, 0) is 0 Å². The van der Waals surface area contributed by atoms with Crippen LogP contribution in [0.4, 0.5) is 4.79 Å². The van der Waals surface area contributed by atoms with Gasteiger partial charge in [0.1, 0.15) is 0 Å². The third-order valence-electron chi connectivity index (χ3n) is 2.94. The van der Waals surface area contributed by atoms with Gasteiger partial charge < -0.3 is 5.32 Å². The molecule has 1 rings (SSSR count). The van der Waals surface area contributed by atoms with E-state index in [2.05, 4.69) is 23.1 Å². The number of nitrogens with one attached hydrogen (secondary N) is 3. The Balaban J connectivity index is 2.24. The van der Waals surface area contributed by atoms with Crippen LogP contribution in [0.1, 0.15) is 49.9 Å². The summed E-state index contributed by atoms with van der Waals surface area (Å²) < 4.78 is 0. The topological polar surface area (TPSA) is 70.2 Å². The molecule has 1 aromatic rings. The van der Waals surface area contributed by atoms with Crippen LogP contribution in [-0.4, -0.2) is 18.0 Å². The van der Waals surface area contributed by atoms with Gasteiger partial charge in [0.05, 0.1) is 0 Å². The molecule has 0 bridgehead atoms. The summed E-state index contributed by atoms with van der Waals surface area (Å²) in [4.78, 5) is 23.3. The molecule has 0 heterocycles. The van der Waals surface area contributed by atoms with Gasteiger partial charge in [-0.05, 0) is 25.5 Å². The molecule has 0 saturated carbocycles. The summed E-state index contributed by atoms with van der Waals surface area (Å²) in [6.07, 6.45) is 4.35.